The summed E-state index contributed by atoms with van der Waals surface area (Å²) < 4.78 is 27.9. The molecule has 2 heterocycles. The van der Waals surface area contributed by atoms with Gasteiger partial charge < -0.3 is 10.2 Å². The maximum absolute atomic E-state index is 13.9. The van der Waals surface area contributed by atoms with E-state index < -0.39 is 11.6 Å². The number of aromatic nitrogens is 2. The van der Waals surface area contributed by atoms with Gasteiger partial charge in [-0.05, 0) is 44.0 Å². The zero-order valence-electron chi connectivity index (χ0n) is 15.4. The number of nitrogens with zero attached hydrogens (tertiary/aromatic N) is 3. The quantitative estimate of drug-likeness (QED) is 0.732. The number of halogens is 2. The Labute approximate surface area is 161 Å². The molecule has 0 fully saturated rings. The van der Waals surface area contributed by atoms with Gasteiger partial charge in [-0.2, -0.15) is 0 Å². The van der Waals surface area contributed by atoms with E-state index in [1.165, 1.54) is 12.1 Å². The van der Waals surface area contributed by atoms with Crippen LogP contribution in [0.15, 0.2) is 48.5 Å². The molecule has 0 spiro atoms. The Morgan fingerprint density at radius 2 is 1.82 bits per heavy atom. The highest BCUT2D eigenvalue weighted by Gasteiger charge is 2.32. The lowest BCUT2D eigenvalue weighted by Crippen LogP contribution is -2.36. The Bertz CT molecular complexity index is 1050. The molecule has 1 aliphatic heterocycles. The zero-order chi connectivity index (χ0) is 19.8. The summed E-state index contributed by atoms with van der Waals surface area (Å²) in [6, 6.07) is 12.7. The number of carbonyl (C=O) groups is 1. The summed E-state index contributed by atoms with van der Waals surface area (Å²) in [6.45, 7) is 3.60. The van der Waals surface area contributed by atoms with Gasteiger partial charge >= 0.3 is 0 Å². The normalized spacial score (nSPS) is 15.4. The average Bonchev–Trinajstić information content (AvgIpc) is 2.99. The van der Waals surface area contributed by atoms with Gasteiger partial charge in [0.15, 0.2) is 0 Å². The number of para-hydroxylation sites is 2. The molecule has 0 saturated carbocycles. The van der Waals surface area contributed by atoms with Crippen LogP contribution in [0.25, 0.3) is 0 Å². The van der Waals surface area contributed by atoms with Crippen LogP contribution < -0.4 is 10.2 Å². The molecule has 7 heteroatoms. The fraction of sp³-hybridized carbons (Fsp3) is 0.190. The van der Waals surface area contributed by atoms with Crippen LogP contribution >= 0.6 is 0 Å². The molecule has 1 amide bonds. The number of benzene rings is 2. The molecule has 1 aliphatic rings. The Hall–Kier alpha value is -3.35. The van der Waals surface area contributed by atoms with E-state index in [-0.39, 0.29) is 29.1 Å². The molecule has 0 aliphatic carbocycles. The first-order chi connectivity index (χ1) is 13.4. The molecule has 142 valence electrons. The van der Waals surface area contributed by atoms with Crippen LogP contribution in [0.2, 0.25) is 0 Å². The predicted molar refractivity (Wildman–Crippen MR) is 103 cm³/mol. The summed E-state index contributed by atoms with van der Waals surface area (Å²) in [5, 5.41) is 2.63. The molecular formula is C21H18F2N4O. The molecule has 3 aromatic rings. The molecule has 0 radical (unpaired) electrons. The number of hydrogen-bond acceptors (Lipinski definition) is 4. The zero-order valence-corrected chi connectivity index (χ0v) is 15.4. The fourth-order valence-electron chi connectivity index (χ4n) is 3.49. The number of fused-ring (bicyclic) bond motifs is 1. The summed E-state index contributed by atoms with van der Waals surface area (Å²) in [6.07, 6.45) is 0.761. The highest BCUT2D eigenvalue weighted by Crippen LogP contribution is 2.33. The predicted octanol–water partition coefficient (Wildman–Crippen LogP) is 4.40. The molecule has 1 aromatic heterocycles. The van der Waals surface area contributed by atoms with Gasteiger partial charge in [0.1, 0.15) is 34.7 Å². The topological polar surface area (TPSA) is 58.1 Å². The Morgan fingerprint density at radius 3 is 2.57 bits per heavy atom. The standard InChI is InChI=1S/C21H18F2N4O/c1-12-10-14-6-3-4-9-18(14)27(12)21(28)17-11-19(25-13(2)24-17)26-20-15(22)7-5-8-16(20)23/h3-9,11-12H,10H2,1-2H3,(H,24,25,26). The van der Waals surface area contributed by atoms with Gasteiger partial charge in [0.25, 0.3) is 5.91 Å². The highest BCUT2D eigenvalue weighted by atomic mass is 19.1. The van der Waals surface area contributed by atoms with Crippen molar-refractivity contribution in [2.75, 3.05) is 10.2 Å². The molecule has 28 heavy (non-hydrogen) atoms. The van der Waals surface area contributed by atoms with Crippen molar-refractivity contribution in [3.63, 3.8) is 0 Å². The third-order valence-corrected chi connectivity index (χ3v) is 4.70. The molecule has 5 nitrogen and oxygen atoms in total. The summed E-state index contributed by atoms with van der Waals surface area (Å²) in [4.78, 5) is 23.3. The molecule has 1 unspecified atom stereocenters. The van der Waals surface area contributed by atoms with Gasteiger partial charge in [0.2, 0.25) is 0 Å². The minimum atomic E-state index is -0.744. The first-order valence-corrected chi connectivity index (χ1v) is 8.92. The number of rotatable bonds is 3. The van der Waals surface area contributed by atoms with Crippen molar-refractivity contribution in [1.82, 2.24) is 9.97 Å². The van der Waals surface area contributed by atoms with Crippen LogP contribution in [0.3, 0.4) is 0 Å². The summed E-state index contributed by atoms with van der Waals surface area (Å²) >= 11 is 0. The average molecular weight is 380 g/mol. The van der Waals surface area contributed by atoms with Crippen LogP contribution in [-0.2, 0) is 6.42 Å². The van der Waals surface area contributed by atoms with Gasteiger partial charge in [-0.15, -0.1) is 0 Å². The van der Waals surface area contributed by atoms with Crippen molar-refractivity contribution in [3.8, 4) is 0 Å². The summed E-state index contributed by atoms with van der Waals surface area (Å²) in [5.41, 5.74) is 1.79. The second-order valence-electron chi connectivity index (χ2n) is 6.76. The maximum atomic E-state index is 13.9. The van der Waals surface area contributed by atoms with E-state index in [2.05, 4.69) is 15.3 Å². The number of aryl methyl sites for hydroxylation is 1. The molecule has 0 bridgehead atoms. The monoisotopic (exact) mass is 380 g/mol. The maximum Gasteiger partial charge on any atom is 0.277 e. The van der Waals surface area contributed by atoms with E-state index in [9.17, 15) is 13.6 Å². The number of carbonyl (C=O) groups excluding carboxylic acids is 1. The van der Waals surface area contributed by atoms with Crippen molar-refractivity contribution in [2.45, 2.75) is 26.3 Å². The van der Waals surface area contributed by atoms with Crippen molar-refractivity contribution in [1.29, 1.82) is 0 Å². The van der Waals surface area contributed by atoms with Crippen molar-refractivity contribution >= 4 is 23.1 Å². The third-order valence-electron chi connectivity index (χ3n) is 4.70. The number of anilines is 3. The van der Waals surface area contributed by atoms with E-state index >= 15 is 0 Å². The lowest BCUT2D eigenvalue weighted by molar-refractivity contribution is 0.0976. The molecule has 0 saturated heterocycles. The minimum Gasteiger partial charge on any atom is -0.335 e. The lowest BCUT2D eigenvalue weighted by Gasteiger charge is -2.22. The molecule has 1 atom stereocenters. The Morgan fingerprint density at radius 1 is 1.11 bits per heavy atom. The Balaban J connectivity index is 1.69. The lowest BCUT2D eigenvalue weighted by atomic mass is 10.1. The second-order valence-corrected chi connectivity index (χ2v) is 6.76. The summed E-state index contributed by atoms with van der Waals surface area (Å²) in [5.74, 6) is -1.29. The van der Waals surface area contributed by atoms with E-state index in [1.54, 1.807) is 11.8 Å². The highest BCUT2D eigenvalue weighted by molar-refractivity contribution is 6.07. The van der Waals surface area contributed by atoms with Gasteiger partial charge in [-0.25, -0.2) is 18.7 Å². The SMILES string of the molecule is Cc1nc(Nc2c(F)cccc2F)cc(C(=O)N2c3ccccc3CC2C)n1. The fourth-order valence-corrected chi connectivity index (χ4v) is 3.49. The number of nitrogens with one attached hydrogen (secondary N) is 1. The molecule has 1 N–H and O–H groups in total. The van der Waals surface area contributed by atoms with E-state index in [4.69, 9.17) is 0 Å². The first-order valence-electron chi connectivity index (χ1n) is 8.92. The molecule has 4 rings (SSSR count). The van der Waals surface area contributed by atoms with Crippen molar-refractivity contribution < 1.29 is 13.6 Å². The van der Waals surface area contributed by atoms with Crippen LogP contribution in [0.5, 0.6) is 0 Å². The van der Waals surface area contributed by atoms with E-state index in [0.29, 0.717) is 5.82 Å². The second kappa shape index (κ2) is 6.99. The first kappa shape index (κ1) is 18.0. The van der Waals surface area contributed by atoms with Crippen LogP contribution in [0, 0.1) is 18.6 Å². The third kappa shape index (κ3) is 3.19. The van der Waals surface area contributed by atoms with E-state index in [1.807, 2.05) is 31.2 Å². The van der Waals surface area contributed by atoms with E-state index in [0.717, 1.165) is 29.8 Å². The summed E-state index contributed by atoms with van der Waals surface area (Å²) in [7, 11) is 0. The Kier molecular flexibility index (Phi) is 4.50. The molecule has 2 aromatic carbocycles. The van der Waals surface area contributed by atoms with Crippen LogP contribution in [0.1, 0.15) is 28.8 Å². The van der Waals surface area contributed by atoms with Gasteiger partial charge in [0, 0.05) is 17.8 Å². The van der Waals surface area contributed by atoms with Crippen molar-refractivity contribution in [2.24, 2.45) is 0 Å². The largest absolute Gasteiger partial charge is 0.335 e. The van der Waals surface area contributed by atoms with Crippen molar-refractivity contribution in [3.05, 3.63) is 77.2 Å². The number of amides is 1. The minimum absolute atomic E-state index is 0.0133. The van der Waals surface area contributed by atoms with Gasteiger partial charge in [-0.1, -0.05) is 24.3 Å². The van der Waals surface area contributed by atoms with Gasteiger partial charge in [-0.3, -0.25) is 4.79 Å². The van der Waals surface area contributed by atoms with Crippen LogP contribution in [-0.4, -0.2) is 21.9 Å². The van der Waals surface area contributed by atoms with Crippen LogP contribution in [0.4, 0.5) is 26.0 Å². The smallest absolute Gasteiger partial charge is 0.277 e. The molecular weight excluding hydrogens is 362 g/mol. The number of hydrogen-bond donors (Lipinski definition) is 1. The van der Waals surface area contributed by atoms with Gasteiger partial charge in [0.05, 0.1) is 0 Å².